The van der Waals surface area contributed by atoms with Crippen LogP contribution in [0.15, 0.2) is 0 Å². The molecule has 2 aliphatic heterocycles. The van der Waals surface area contributed by atoms with Crippen molar-refractivity contribution in [3.05, 3.63) is 0 Å². The maximum atomic E-state index is 12.2. The summed E-state index contributed by atoms with van der Waals surface area (Å²) >= 11 is 0. The van der Waals surface area contributed by atoms with E-state index in [1.807, 2.05) is 4.90 Å². The lowest BCUT2D eigenvalue weighted by Crippen LogP contribution is -2.50. The van der Waals surface area contributed by atoms with E-state index in [1.165, 1.54) is 0 Å². The van der Waals surface area contributed by atoms with Gasteiger partial charge in [0.15, 0.2) is 0 Å². The number of hydrogen-bond acceptors (Lipinski definition) is 4. The second kappa shape index (κ2) is 6.50. The fourth-order valence-corrected chi connectivity index (χ4v) is 2.80. The standard InChI is InChI=1S/C13H25N3O2/c1-11-8-15(9-12(2)18-11)10-13(17)16-6-3-4-14-5-7-16/h11-12,14H,3-10H2,1-2H3/t11-,12+. The molecule has 104 valence electrons. The molecule has 0 aliphatic carbocycles. The summed E-state index contributed by atoms with van der Waals surface area (Å²) < 4.78 is 5.69. The highest BCUT2D eigenvalue weighted by atomic mass is 16.5. The average Bonchev–Trinajstić information content (AvgIpc) is 2.55. The molecule has 0 aromatic carbocycles. The molecule has 2 aliphatic rings. The van der Waals surface area contributed by atoms with Gasteiger partial charge in [-0.25, -0.2) is 0 Å². The van der Waals surface area contributed by atoms with Crippen LogP contribution in [0.3, 0.4) is 0 Å². The second-order valence-corrected chi connectivity index (χ2v) is 5.44. The lowest BCUT2D eigenvalue weighted by atomic mass is 10.2. The van der Waals surface area contributed by atoms with Gasteiger partial charge in [0.05, 0.1) is 18.8 Å². The van der Waals surface area contributed by atoms with E-state index in [9.17, 15) is 4.79 Å². The molecular weight excluding hydrogens is 230 g/mol. The van der Waals surface area contributed by atoms with Crippen molar-refractivity contribution < 1.29 is 9.53 Å². The molecule has 1 amide bonds. The Labute approximate surface area is 109 Å². The molecule has 0 aromatic rings. The zero-order chi connectivity index (χ0) is 13.0. The fourth-order valence-electron chi connectivity index (χ4n) is 2.80. The summed E-state index contributed by atoms with van der Waals surface area (Å²) in [7, 11) is 0. The molecular formula is C13H25N3O2. The third kappa shape index (κ3) is 3.93. The summed E-state index contributed by atoms with van der Waals surface area (Å²) in [5, 5.41) is 3.32. The molecule has 2 fully saturated rings. The molecule has 18 heavy (non-hydrogen) atoms. The minimum absolute atomic E-state index is 0.229. The molecule has 1 N–H and O–H groups in total. The first-order valence-electron chi connectivity index (χ1n) is 7.01. The summed E-state index contributed by atoms with van der Waals surface area (Å²) in [6, 6.07) is 0. The number of nitrogens with zero attached hydrogens (tertiary/aromatic N) is 2. The van der Waals surface area contributed by atoms with E-state index < -0.39 is 0 Å². The third-order valence-corrected chi connectivity index (χ3v) is 3.55. The van der Waals surface area contributed by atoms with E-state index in [-0.39, 0.29) is 18.1 Å². The molecule has 5 heteroatoms. The Morgan fingerprint density at radius 2 is 1.94 bits per heavy atom. The van der Waals surface area contributed by atoms with Crippen LogP contribution in [0.5, 0.6) is 0 Å². The molecule has 2 atom stereocenters. The number of rotatable bonds is 2. The number of hydrogen-bond donors (Lipinski definition) is 1. The maximum absolute atomic E-state index is 12.2. The highest BCUT2D eigenvalue weighted by Gasteiger charge is 2.25. The van der Waals surface area contributed by atoms with Crippen LogP contribution in [0, 0.1) is 0 Å². The van der Waals surface area contributed by atoms with Crippen molar-refractivity contribution in [1.82, 2.24) is 15.1 Å². The molecule has 5 nitrogen and oxygen atoms in total. The minimum Gasteiger partial charge on any atom is -0.373 e. The fraction of sp³-hybridized carbons (Fsp3) is 0.923. The molecule has 2 saturated heterocycles. The van der Waals surface area contributed by atoms with E-state index in [4.69, 9.17) is 4.74 Å². The molecule has 0 aromatic heterocycles. The van der Waals surface area contributed by atoms with Gasteiger partial charge in [-0.2, -0.15) is 0 Å². The van der Waals surface area contributed by atoms with Gasteiger partial charge in [0, 0.05) is 32.7 Å². The predicted octanol–water partition coefficient (Wildman–Crippen LogP) is -0.0825. The quantitative estimate of drug-likeness (QED) is 0.749. The van der Waals surface area contributed by atoms with Gasteiger partial charge in [-0.3, -0.25) is 9.69 Å². The van der Waals surface area contributed by atoms with Crippen LogP contribution in [0.4, 0.5) is 0 Å². The number of nitrogens with one attached hydrogen (secondary N) is 1. The zero-order valence-electron chi connectivity index (χ0n) is 11.5. The van der Waals surface area contributed by atoms with Crippen LogP contribution in [0.25, 0.3) is 0 Å². The summed E-state index contributed by atoms with van der Waals surface area (Å²) in [6.45, 7) is 10.1. The Kier molecular flexibility index (Phi) is 4.97. The van der Waals surface area contributed by atoms with Gasteiger partial charge in [-0.1, -0.05) is 0 Å². The number of morpholine rings is 1. The highest BCUT2D eigenvalue weighted by Crippen LogP contribution is 2.10. The van der Waals surface area contributed by atoms with Crippen LogP contribution in [-0.4, -0.2) is 73.7 Å². The van der Waals surface area contributed by atoms with Gasteiger partial charge >= 0.3 is 0 Å². The van der Waals surface area contributed by atoms with Gasteiger partial charge in [-0.05, 0) is 26.8 Å². The predicted molar refractivity (Wildman–Crippen MR) is 70.5 cm³/mol. The van der Waals surface area contributed by atoms with Crippen molar-refractivity contribution in [2.75, 3.05) is 45.8 Å². The average molecular weight is 255 g/mol. The minimum atomic E-state index is 0.229. The smallest absolute Gasteiger partial charge is 0.236 e. The SMILES string of the molecule is C[C@@H]1CN(CC(=O)N2CCCNCC2)C[C@H](C)O1. The van der Waals surface area contributed by atoms with Crippen molar-refractivity contribution in [3.8, 4) is 0 Å². The largest absolute Gasteiger partial charge is 0.373 e. The molecule has 2 heterocycles. The molecule has 0 bridgehead atoms. The molecule has 0 saturated carbocycles. The van der Waals surface area contributed by atoms with Crippen LogP contribution >= 0.6 is 0 Å². The third-order valence-electron chi connectivity index (χ3n) is 3.55. The van der Waals surface area contributed by atoms with Crippen LogP contribution in [0.1, 0.15) is 20.3 Å². The highest BCUT2D eigenvalue weighted by molar-refractivity contribution is 5.78. The van der Waals surface area contributed by atoms with E-state index in [2.05, 4.69) is 24.1 Å². The van der Waals surface area contributed by atoms with Crippen molar-refractivity contribution in [2.45, 2.75) is 32.5 Å². The van der Waals surface area contributed by atoms with Gasteiger partial charge < -0.3 is 15.0 Å². The van der Waals surface area contributed by atoms with Gasteiger partial charge in [-0.15, -0.1) is 0 Å². The Bertz CT molecular complexity index is 267. The summed E-state index contributed by atoms with van der Waals surface area (Å²) in [4.78, 5) is 16.5. The number of carbonyl (C=O) groups excluding carboxylic acids is 1. The second-order valence-electron chi connectivity index (χ2n) is 5.44. The molecule has 2 rings (SSSR count). The lowest BCUT2D eigenvalue weighted by molar-refractivity contribution is -0.135. The monoisotopic (exact) mass is 255 g/mol. The molecule has 0 unspecified atom stereocenters. The Balaban J connectivity index is 1.82. The Hall–Kier alpha value is -0.650. The Morgan fingerprint density at radius 3 is 2.67 bits per heavy atom. The van der Waals surface area contributed by atoms with Crippen molar-refractivity contribution in [2.24, 2.45) is 0 Å². The van der Waals surface area contributed by atoms with Gasteiger partial charge in [0.25, 0.3) is 0 Å². The number of ether oxygens (including phenoxy) is 1. The zero-order valence-corrected chi connectivity index (χ0v) is 11.5. The molecule has 0 spiro atoms. The van der Waals surface area contributed by atoms with E-state index in [1.54, 1.807) is 0 Å². The normalized spacial score (nSPS) is 31.1. The maximum Gasteiger partial charge on any atom is 0.236 e. The van der Waals surface area contributed by atoms with Crippen LogP contribution in [0.2, 0.25) is 0 Å². The van der Waals surface area contributed by atoms with E-state index in [0.29, 0.717) is 6.54 Å². The summed E-state index contributed by atoms with van der Waals surface area (Å²) in [6.07, 6.45) is 1.52. The summed E-state index contributed by atoms with van der Waals surface area (Å²) in [5.41, 5.74) is 0. The van der Waals surface area contributed by atoms with Crippen molar-refractivity contribution in [1.29, 1.82) is 0 Å². The van der Waals surface area contributed by atoms with Gasteiger partial charge in [0.2, 0.25) is 5.91 Å². The van der Waals surface area contributed by atoms with Crippen molar-refractivity contribution >= 4 is 5.91 Å². The first-order valence-corrected chi connectivity index (χ1v) is 7.01. The number of amides is 1. The first-order chi connectivity index (χ1) is 8.65. The van der Waals surface area contributed by atoms with E-state index in [0.717, 1.165) is 45.7 Å². The van der Waals surface area contributed by atoms with Crippen LogP contribution < -0.4 is 5.32 Å². The summed E-state index contributed by atoms with van der Waals surface area (Å²) in [5.74, 6) is 0.264. The topological polar surface area (TPSA) is 44.8 Å². The number of carbonyl (C=O) groups is 1. The van der Waals surface area contributed by atoms with E-state index >= 15 is 0 Å². The first kappa shape index (κ1) is 13.8. The van der Waals surface area contributed by atoms with Crippen molar-refractivity contribution in [3.63, 3.8) is 0 Å². The molecule has 0 radical (unpaired) electrons. The lowest BCUT2D eigenvalue weighted by Gasteiger charge is -2.35. The van der Waals surface area contributed by atoms with Gasteiger partial charge in [0.1, 0.15) is 0 Å². The Morgan fingerprint density at radius 1 is 1.22 bits per heavy atom. The van der Waals surface area contributed by atoms with Crippen LogP contribution in [-0.2, 0) is 9.53 Å².